The van der Waals surface area contributed by atoms with Crippen molar-refractivity contribution in [3.63, 3.8) is 0 Å². The quantitative estimate of drug-likeness (QED) is 0.454. The average molecular weight is 527 g/mol. The van der Waals surface area contributed by atoms with Gasteiger partial charge in [0.1, 0.15) is 5.60 Å². The number of rotatable bonds is 5. The number of carboxylic acid groups (broad SMARTS) is 1. The van der Waals surface area contributed by atoms with Crippen molar-refractivity contribution in [1.82, 2.24) is 25.5 Å². The highest BCUT2D eigenvalue weighted by Crippen LogP contribution is 2.32. The summed E-state index contributed by atoms with van der Waals surface area (Å²) in [6.45, 7) is 11.9. The maximum Gasteiger partial charge on any atom is 0.407 e. The van der Waals surface area contributed by atoms with Gasteiger partial charge in [0.15, 0.2) is 11.5 Å². The minimum atomic E-state index is -1.01. The predicted molar refractivity (Wildman–Crippen MR) is 143 cm³/mol. The van der Waals surface area contributed by atoms with Gasteiger partial charge in [-0.05, 0) is 50.7 Å². The Kier molecular flexibility index (Phi) is 8.48. The smallest absolute Gasteiger partial charge is 0.407 e. The molecule has 1 aromatic carbocycles. The number of nitrogens with zero attached hydrogens (tertiary/aromatic N) is 3. The Morgan fingerprint density at radius 2 is 1.89 bits per heavy atom. The molecule has 1 fully saturated rings. The zero-order chi connectivity index (χ0) is 28.3. The minimum absolute atomic E-state index is 0.0211. The SMILES string of the molecule is CC(C)(C)OC(=O)NCc1cccc(-c2cnc(N)c(C(=O)N[C@H]3CCCN(C(=O)O)C3C(C)(C)C)n2)c1. The molecule has 0 bridgehead atoms. The fraction of sp³-hybridized carbons (Fsp3) is 0.519. The van der Waals surface area contributed by atoms with E-state index >= 15 is 0 Å². The lowest BCUT2D eigenvalue weighted by Crippen LogP contribution is -2.61. The van der Waals surface area contributed by atoms with Crippen LogP contribution in [-0.4, -0.2) is 62.3 Å². The van der Waals surface area contributed by atoms with Gasteiger partial charge in [-0.25, -0.2) is 19.6 Å². The third-order valence-electron chi connectivity index (χ3n) is 6.15. The Morgan fingerprint density at radius 1 is 1.18 bits per heavy atom. The molecule has 2 heterocycles. The van der Waals surface area contributed by atoms with E-state index in [4.69, 9.17) is 10.5 Å². The number of alkyl carbamates (subject to hydrolysis) is 1. The largest absolute Gasteiger partial charge is 0.465 e. The minimum Gasteiger partial charge on any atom is -0.465 e. The maximum absolute atomic E-state index is 13.3. The zero-order valence-corrected chi connectivity index (χ0v) is 22.9. The van der Waals surface area contributed by atoms with Crippen LogP contribution in [0.1, 0.15) is 70.4 Å². The second-order valence-electron chi connectivity index (χ2n) is 11.6. The van der Waals surface area contributed by atoms with E-state index < -0.39 is 41.2 Å². The summed E-state index contributed by atoms with van der Waals surface area (Å²) in [5, 5.41) is 15.4. The second-order valence-corrected chi connectivity index (χ2v) is 11.6. The summed E-state index contributed by atoms with van der Waals surface area (Å²) in [6, 6.07) is 6.50. The summed E-state index contributed by atoms with van der Waals surface area (Å²) in [5.74, 6) is -0.529. The number of benzene rings is 1. The number of nitrogens with one attached hydrogen (secondary N) is 2. The Bertz CT molecular complexity index is 1190. The van der Waals surface area contributed by atoms with Gasteiger partial charge >= 0.3 is 12.2 Å². The van der Waals surface area contributed by atoms with Gasteiger partial charge in [-0.2, -0.15) is 0 Å². The number of aromatic nitrogens is 2. The van der Waals surface area contributed by atoms with Crippen LogP contribution in [0.5, 0.6) is 0 Å². The van der Waals surface area contributed by atoms with Crippen LogP contribution in [0.25, 0.3) is 11.3 Å². The topological polar surface area (TPSA) is 160 Å². The molecule has 0 aliphatic carbocycles. The molecule has 2 aromatic rings. The fourth-order valence-corrected chi connectivity index (χ4v) is 4.70. The monoisotopic (exact) mass is 526 g/mol. The van der Waals surface area contributed by atoms with Crippen molar-refractivity contribution < 1.29 is 24.2 Å². The van der Waals surface area contributed by atoms with E-state index in [2.05, 4.69) is 20.6 Å². The Hall–Kier alpha value is -3.89. The van der Waals surface area contributed by atoms with Crippen LogP contribution in [0.3, 0.4) is 0 Å². The van der Waals surface area contributed by atoms with Crippen molar-refractivity contribution in [2.45, 2.75) is 78.6 Å². The molecular formula is C27H38N6O5. The number of piperidine rings is 1. The highest BCUT2D eigenvalue weighted by atomic mass is 16.6. The van der Waals surface area contributed by atoms with Crippen LogP contribution in [0, 0.1) is 5.41 Å². The number of likely N-dealkylation sites (tertiary alicyclic amines) is 1. The van der Waals surface area contributed by atoms with Crippen molar-refractivity contribution in [3.8, 4) is 11.3 Å². The van der Waals surface area contributed by atoms with Gasteiger partial charge in [0, 0.05) is 18.7 Å². The number of carbonyl (C=O) groups excluding carboxylic acids is 2. The third kappa shape index (κ3) is 7.33. The first-order valence-corrected chi connectivity index (χ1v) is 12.6. The number of amides is 3. The number of hydrogen-bond acceptors (Lipinski definition) is 7. The van der Waals surface area contributed by atoms with E-state index in [0.29, 0.717) is 30.6 Å². The van der Waals surface area contributed by atoms with E-state index in [1.54, 1.807) is 20.8 Å². The molecule has 3 amide bonds. The second kappa shape index (κ2) is 11.2. The van der Waals surface area contributed by atoms with Crippen molar-refractivity contribution in [2.75, 3.05) is 12.3 Å². The van der Waals surface area contributed by atoms with Gasteiger partial charge in [-0.15, -0.1) is 0 Å². The predicted octanol–water partition coefficient (Wildman–Crippen LogP) is 4.04. The lowest BCUT2D eigenvalue weighted by Gasteiger charge is -2.46. The van der Waals surface area contributed by atoms with E-state index in [1.165, 1.54) is 11.1 Å². The summed E-state index contributed by atoms with van der Waals surface area (Å²) in [7, 11) is 0. The molecule has 38 heavy (non-hydrogen) atoms. The molecule has 5 N–H and O–H groups in total. The molecule has 206 valence electrons. The van der Waals surface area contributed by atoms with Gasteiger partial charge in [0.05, 0.1) is 24.0 Å². The third-order valence-corrected chi connectivity index (χ3v) is 6.15. The summed E-state index contributed by atoms with van der Waals surface area (Å²) >= 11 is 0. The van der Waals surface area contributed by atoms with Gasteiger partial charge in [0.25, 0.3) is 5.91 Å². The lowest BCUT2D eigenvalue weighted by atomic mass is 9.77. The van der Waals surface area contributed by atoms with Crippen LogP contribution in [0.4, 0.5) is 15.4 Å². The standard InChI is InChI=1S/C27H38N6O5/c1-26(2,3)21-18(11-8-12-33(21)25(36)37)32-23(34)20-22(28)29-15-19(31-20)17-10-7-9-16(13-17)14-30-24(35)38-27(4,5)6/h7,9-10,13,15,18,21H,8,11-12,14H2,1-6H3,(H2,28,29)(H,30,35)(H,32,34)(H,36,37)/t18-,21?/m0/s1. The van der Waals surface area contributed by atoms with Gasteiger partial charge in [-0.1, -0.05) is 39.0 Å². The molecule has 3 rings (SSSR count). The van der Waals surface area contributed by atoms with Crippen molar-refractivity contribution in [1.29, 1.82) is 0 Å². The molecule has 11 heteroatoms. The van der Waals surface area contributed by atoms with Gasteiger partial charge in [0.2, 0.25) is 0 Å². The molecule has 0 saturated carbocycles. The lowest BCUT2D eigenvalue weighted by molar-refractivity contribution is 0.0358. The maximum atomic E-state index is 13.3. The van der Waals surface area contributed by atoms with Gasteiger partial charge < -0.3 is 31.1 Å². The Labute approximate surface area is 223 Å². The average Bonchev–Trinajstić information content (AvgIpc) is 2.81. The fourth-order valence-electron chi connectivity index (χ4n) is 4.70. The summed E-state index contributed by atoms with van der Waals surface area (Å²) in [4.78, 5) is 47.3. The van der Waals surface area contributed by atoms with E-state index in [9.17, 15) is 19.5 Å². The van der Waals surface area contributed by atoms with Crippen LogP contribution in [0.15, 0.2) is 30.5 Å². The summed E-state index contributed by atoms with van der Waals surface area (Å²) in [6.07, 6.45) is 1.22. The summed E-state index contributed by atoms with van der Waals surface area (Å²) in [5.41, 5.74) is 6.94. The van der Waals surface area contributed by atoms with Gasteiger partial charge in [-0.3, -0.25) is 4.79 Å². The van der Waals surface area contributed by atoms with Crippen molar-refractivity contribution in [2.24, 2.45) is 5.41 Å². The normalized spacial score (nSPS) is 18.0. The molecule has 1 saturated heterocycles. The number of ether oxygens (including phenoxy) is 1. The molecule has 1 aliphatic heterocycles. The first-order valence-electron chi connectivity index (χ1n) is 12.6. The molecular weight excluding hydrogens is 488 g/mol. The molecule has 1 aliphatic rings. The van der Waals surface area contributed by atoms with Crippen LogP contribution in [0.2, 0.25) is 0 Å². The first-order chi connectivity index (χ1) is 17.7. The van der Waals surface area contributed by atoms with E-state index in [0.717, 1.165) is 5.56 Å². The number of nitrogen functional groups attached to an aromatic ring is 1. The van der Waals surface area contributed by atoms with E-state index in [1.807, 2.05) is 45.0 Å². The number of hydrogen-bond donors (Lipinski definition) is 4. The van der Waals surface area contributed by atoms with Crippen LogP contribution >= 0.6 is 0 Å². The number of anilines is 1. The molecule has 0 spiro atoms. The Balaban J connectivity index is 1.79. The van der Waals surface area contributed by atoms with Crippen LogP contribution in [-0.2, 0) is 11.3 Å². The van der Waals surface area contributed by atoms with E-state index in [-0.39, 0.29) is 18.1 Å². The molecule has 2 atom stereocenters. The molecule has 11 nitrogen and oxygen atoms in total. The summed E-state index contributed by atoms with van der Waals surface area (Å²) < 4.78 is 5.27. The van der Waals surface area contributed by atoms with Crippen LogP contribution < -0.4 is 16.4 Å². The first kappa shape index (κ1) is 28.7. The zero-order valence-electron chi connectivity index (χ0n) is 22.9. The van der Waals surface area contributed by atoms with Crippen molar-refractivity contribution in [3.05, 3.63) is 41.7 Å². The van der Waals surface area contributed by atoms with Crippen molar-refractivity contribution >= 4 is 23.9 Å². The highest BCUT2D eigenvalue weighted by Gasteiger charge is 2.42. The number of carbonyl (C=O) groups is 3. The highest BCUT2D eigenvalue weighted by molar-refractivity contribution is 5.97. The Morgan fingerprint density at radius 3 is 2.53 bits per heavy atom. The number of nitrogens with two attached hydrogens (primary N) is 1. The molecule has 1 unspecified atom stereocenters. The molecule has 0 radical (unpaired) electrons. The molecule has 1 aromatic heterocycles.